The van der Waals surface area contributed by atoms with E-state index in [2.05, 4.69) is 26.1 Å². The molecule has 1 aromatic carbocycles. The smallest absolute Gasteiger partial charge is 0.129 e. The maximum atomic E-state index is 13.8. The number of hydrogen-bond donors (Lipinski definition) is 1. The van der Waals surface area contributed by atoms with E-state index in [1.807, 2.05) is 0 Å². The van der Waals surface area contributed by atoms with Gasteiger partial charge in [-0.2, -0.15) is 0 Å². The van der Waals surface area contributed by atoms with Crippen molar-refractivity contribution in [1.82, 2.24) is 5.32 Å². The Morgan fingerprint density at radius 1 is 1.25 bits per heavy atom. The molecule has 3 heteroatoms. The maximum absolute atomic E-state index is 13.8. The fraction of sp³-hybridized carbons (Fsp3) is 0.647. The summed E-state index contributed by atoms with van der Waals surface area (Å²) in [5.74, 6) is 0.426. The van der Waals surface area contributed by atoms with Crippen LogP contribution in [-0.2, 0) is 6.54 Å². The van der Waals surface area contributed by atoms with Crippen LogP contribution in [0.15, 0.2) is 18.2 Å². The summed E-state index contributed by atoms with van der Waals surface area (Å²) in [5.41, 5.74) is 0.879. The van der Waals surface area contributed by atoms with Crippen molar-refractivity contribution in [3.8, 4) is 0 Å². The van der Waals surface area contributed by atoms with Crippen LogP contribution >= 0.6 is 11.6 Å². The molecule has 1 saturated carbocycles. The first-order valence-corrected chi connectivity index (χ1v) is 7.93. The Kier molecular flexibility index (Phi) is 5.09. The Balaban J connectivity index is 2.05. The summed E-state index contributed by atoms with van der Waals surface area (Å²) < 4.78 is 13.8. The zero-order valence-corrected chi connectivity index (χ0v) is 13.4. The summed E-state index contributed by atoms with van der Waals surface area (Å²) >= 11 is 6.09. The summed E-state index contributed by atoms with van der Waals surface area (Å²) in [6, 6.07) is 5.34. The molecule has 2 unspecified atom stereocenters. The molecule has 20 heavy (non-hydrogen) atoms. The predicted molar refractivity (Wildman–Crippen MR) is 83.5 cm³/mol. The zero-order valence-electron chi connectivity index (χ0n) is 12.7. The summed E-state index contributed by atoms with van der Waals surface area (Å²) in [5, 5.41) is 4.07. The van der Waals surface area contributed by atoms with Crippen molar-refractivity contribution < 1.29 is 4.39 Å². The molecule has 2 rings (SSSR count). The van der Waals surface area contributed by atoms with E-state index in [1.54, 1.807) is 12.1 Å². The third-order valence-corrected chi connectivity index (χ3v) is 4.84. The van der Waals surface area contributed by atoms with Gasteiger partial charge in [-0.1, -0.05) is 51.3 Å². The molecule has 1 nitrogen and oxygen atoms in total. The number of rotatable bonds is 3. The second-order valence-electron chi connectivity index (χ2n) is 6.94. The molecule has 0 aromatic heterocycles. The van der Waals surface area contributed by atoms with E-state index in [-0.39, 0.29) is 11.2 Å². The molecule has 0 radical (unpaired) electrons. The number of benzene rings is 1. The molecule has 1 aromatic rings. The molecule has 0 amide bonds. The summed E-state index contributed by atoms with van der Waals surface area (Å²) in [4.78, 5) is 0. The first kappa shape index (κ1) is 15.8. The van der Waals surface area contributed by atoms with Gasteiger partial charge in [0, 0.05) is 23.2 Å². The van der Waals surface area contributed by atoms with Crippen molar-refractivity contribution >= 4 is 11.6 Å². The molecule has 112 valence electrons. The SMILES string of the molecule is CC(C)(C)C1CCCCC1NCc1c(F)cccc1Cl. The van der Waals surface area contributed by atoms with Gasteiger partial charge in [-0.25, -0.2) is 4.39 Å². The third-order valence-electron chi connectivity index (χ3n) is 4.48. The number of halogens is 2. The Morgan fingerprint density at radius 2 is 1.95 bits per heavy atom. The Labute approximate surface area is 126 Å². The van der Waals surface area contributed by atoms with E-state index in [4.69, 9.17) is 11.6 Å². The lowest BCUT2D eigenvalue weighted by molar-refractivity contribution is 0.130. The van der Waals surface area contributed by atoms with Crippen molar-refractivity contribution in [2.45, 2.75) is 59.0 Å². The Hall–Kier alpha value is -0.600. The van der Waals surface area contributed by atoms with Crippen LogP contribution in [0.5, 0.6) is 0 Å². The van der Waals surface area contributed by atoms with Gasteiger partial charge in [-0.15, -0.1) is 0 Å². The van der Waals surface area contributed by atoms with Gasteiger partial charge in [-0.3, -0.25) is 0 Å². The molecule has 0 heterocycles. The van der Waals surface area contributed by atoms with Crippen LogP contribution in [0.4, 0.5) is 4.39 Å². The summed E-state index contributed by atoms with van der Waals surface area (Å²) in [7, 11) is 0. The molecular formula is C17H25ClFN. The zero-order chi connectivity index (χ0) is 14.8. The highest BCUT2D eigenvalue weighted by Gasteiger charge is 2.33. The van der Waals surface area contributed by atoms with Crippen molar-refractivity contribution in [2.24, 2.45) is 11.3 Å². The van der Waals surface area contributed by atoms with Crippen LogP contribution in [0, 0.1) is 17.2 Å². The molecule has 0 aliphatic heterocycles. The standard InChI is InChI=1S/C17H25ClFN/c1-17(2,3)13-7-4-5-10-16(13)20-11-12-14(18)8-6-9-15(12)19/h6,8-9,13,16,20H,4-5,7,10-11H2,1-3H3. The molecule has 1 aliphatic carbocycles. The van der Waals surface area contributed by atoms with Crippen LogP contribution in [0.1, 0.15) is 52.0 Å². The minimum absolute atomic E-state index is 0.215. The Bertz CT molecular complexity index is 433. The number of nitrogens with one attached hydrogen (secondary N) is 1. The largest absolute Gasteiger partial charge is 0.309 e. The van der Waals surface area contributed by atoms with Crippen molar-refractivity contribution in [3.05, 3.63) is 34.6 Å². The van der Waals surface area contributed by atoms with Crippen LogP contribution in [-0.4, -0.2) is 6.04 Å². The van der Waals surface area contributed by atoms with Gasteiger partial charge in [0.25, 0.3) is 0 Å². The lowest BCUT2D eigenvalue weighted by atomic mass is 9.69. The van der Waals surface area contributed by atoms with E-state index in [1.165, 1.54) is 31.7 Å². The molecule has 1 aliphatic rings. The highest BCUT2D eigenvalue weighted by molar-refractivity contribution is 6.31. The summed E-state index contributed by atoms with van der Waals surface area (Å²) in [6.07, 6.45) is 5.00. The monoisotopic (exact) mass is 297 g/mol. The quantitative estimate of drug-likeness (QED) is 0.811. The van der Waals surface area contributed by atoms with Crippen molar-refractivity contribution in [2.75, 3.05) is 0 Å². The normalized spacial score (nSPS) is 23.9. The molecule has 1 N–H and O–H groups in total. The molecular weight excluding hydrogens is 273 g/mol. The van der Waals surface area contributed by atoms with Gasteiger partial charge in [0.1, 0.15) is 5.82 Å². The Morgan fingerprint density at radius 3 is 2.60 bits per heavy atom. The van der Waals surface area contributed by atoms with Gasteiger partial charge >= 0.3 is 0 Å². The van der Waals surface area contributed by atoms with E-state index >= 15 is 0 Å². The first-order valence-electron chi connectivity index (χ1n) is 7.56. The second-order valence-corrected chi connectivity index (χ2v) is 7.35. The fourth-order valence-electron chi connectivity index (χ4n) is 3.35. The molecule has 0 saturated heterocycles. The van der Waals surface area contributed by atoms with Gasteiger partial charge < -0.3 is 5.32 Å². The van der Waals surface area contributed by atoms with Gasteiger partial charge in [0.15, 0.2) is 0 Å². The van der Waals surface area contributed by atoms with Gasteiger partial charge in [0.2, 0.25) is 0 Å². The van der Waals surface area contributed by atoms with Crippen LogP contribution < -0.4 is 5.32 Å². The highest BCUT2D eigenvalue weighted by Crippen LogP contribution is 2.38. The highest BCUT2D eigenvalue weighted by atomic mass is 35.5. The average Bonchev–Trinajstić information content (AvgIpc) is 2.37. The van der Waals surface area contributed by atoms with Crippen LogP contribution in [0.25, 0.3) is 0 Å². The minimum atomic E-state index is -0.215. The lowest BCUT2D eigenvalue weighted by Crippen LogP contribution is -2.44. The molecule has 1 fully saturated rings. The van der Waals surface area contributed by atoms with E-state index in [0.717, 1.165) is 0 Å². The van der Waals surface area contributed by atoms with E-state index in [0.29, 0.717) is 29.1 Å². The van der Waals surface area contributed by atoms with Gasteiger partial charge in [-0.05, 0) is 36.3 Å². The van der Waals surface area contributed by atoms with E-state index < -0.39 is 0 Å². The predicted octanol–water partition coefficient (Wildman–Crippen LogP) is 5.17. The summed E-state index contributed by atoms with van der Waals surface area (Å²) in [6.45, 7) is 7.41. The molecule has 2 atom stereocenters. The maximum Gasteiger partial charge on any atom is 0.129 e. The second kappa shape index (κ2) is 6.44. The van der Waals surface area contributed by atoms with E-state index in [9.17, 15) is 4.39 Å². The third kappa shape index (κ3) is 3.73. The fourth-order valence-corrected chi connectivity index (χ4v) is 3.58. The molecule has 0 bridgehead atoms. The number of hydrogen-bond acceptors (Lipinski definition) is 1. The minimum Gasteiger partial charge on any atom is -0.309 e. The molecule has 0 spiro atoms. The average molecular weight is 298 g/mol. The van der Waals surface area contributed by atoms with Crippen LogP contribution in [0.2, 0.25) is 5.02 Å². The topological polar surface area (TPSA) is 12.0 Å². The first-order chi connectivity index (χ1) is 9.39. The van der Waals surface area contributed by atoms with Crippen molar-refractivity contribution in [1.29, 1.82) is 0 Å². The lowest BCUT2D eigenvalue weighted by Gasteiger charge is -2.41. The van der Waals surface area contributed by atoms with Crippen molar-refractivity contribution in [3.63, 3.8) is 0 Å². The van der Waals surface area contributed by atoms with Gasteiger partial charge in [0.05, 0.1) is 0 Å². The van der Waals surface area contributed by atoms with Crippen LogP contribution in [0.3, 0.4) is 0 Å².